The standard InChI is InChI=1S/C26H29ClN2O4/c1-4-17-33-21-13-9-18(10-14-21)23-22(24(30)19-7-11-20(27)12-8-19)25(31)26(32)29(23)16-15-28(5-2)6-3/h4,7-14,23,30H,1,5-6,15-17H2,2-3H3/b24-22-. The van der Waals surface area contributed by atoms with Crippen LogP contribution in [-0.4, -0.2) is 59.4 Å². The number of likely N-dealkylation sites (tertiary alicyclic amines) is 1. The van der Waals surface area contributed by atoms with Crippen molar-refractivity contribution in [1.29, 1.82) is 0 Å². The van der Waals surface area contributed by atoms with Gasteiger partial charge in [0.05, 0.1) is 11.6 Å². The Morgan fingerprint density at radius 2 is 1.76 bits per heavy atom. The summed E-state index contributed by atoms with van der Waals surface area (Å²) in [4.78, 5) is 29.9. The number of carbonyl (C=O) groups is 2. The average molecular weight is 469 g/mol. The van der Waals surface area contributed by atoms with Crippen LogP contribution in [0.4, 0.5) is 0 Å². The summed E-state index contributed by atoms with van der Waals surface area (Å²) >= 11 is 5.98. The molecule has 3 rings (SSSR count). The number of hydrogen-bond donors (Lipinski definition) is 1. The van der Waals surface area contributed by atoms with Crippen LogP contribution in [0.5, 0.6) is 5.75 Å². The molecular formula is C26H29ClN2O4. The number of rotatable bonds is 10. The molecule has 7 heteroatoms. The second-order valence-corrected chi connectivity index (χ2v) is 8.13. The molecule has 1 fully saturated rings. The number of nitrogens with zero attached hydrogens (tertiary/aromatic N) is 2. The van der Waals surface area contributed by atoms with Gasteiger partial charge < -0.3 is 19.6 Å². The monoisotopic (exact) mass is 468 g/mol. The number of hydrogen-bond acceptors (Lipinski definition) is 5. The largest absolute Gasteiger partial charge is 0.507 e. The molecule has 1 unspecified atom stereocenters. The molecule has 2 aromatic rings. The van der Waals surface area contributed by atoms with E-state index in [9.17, 15) is 14.7 Å². The van der Waals surface area contributed by atoms with E-state index in [-0.39, 0.29) is 11.3 Å². The maximum atomic E-state index is 13.1. The van der Waals surface area contributed by atoms with Crippen molar-refractivity contribution in [3.63, 3.8) is 0 Å². The summed E-state index contributed by atoms with van der Waals surface area (Å²) in [5.74, 6) is -0.877. The molecule has 174 valence electrons. The number of halogens is 1. The molecule has 0 radical (unpaired) electrons. The fourth-order valence-electron chi connectivity index (χ4n) is 3.91. The van der Waals surface area contributed by atoms with E-state index in [1.807, 2.05) is 12.1 Å². The third-order valence-electron chi connectivity index (χ3n) is 5.77. The highest BCUT2D eigenvalue weighted by Crippen LogP contribution is 2.39. The van der Waals surface area contributed by atoms with E-state index in [0.29, 0.717) is 36.0 Å². The highest BCUT2D eigenvalue weighted by molar-refractivity contribution is 6.46. The van der Waals surface area contributed by atoms with Gasteiger partial charge in [-0.3, -0.25) is 9.59 Å². The van der Waals surface area contributed by atoms with Gasteiger partial charge in [0.1, 0.15) is 18.1 Å². The van der Waals surface area contributed by atoms with Gasteiger partial charge in [0.25, 0.3) is 11.7 Å². The van der Waals surface area contributed by atoms with Gasteiger partial charge >= 0.3 is 0 Å². The summed E-state index contributed by atoms with van der Waals surface area (Å²) in [5.41, 5.74) is 1.22. The molecule has 2 aromatic carbocycles. The molecule has 33 heavy (non-hydrogen) atoms. The molecule has 0 bridgehead atoms. The fourth-order valence-corrected chi connectivity index (χ4v) is 4.04. The van der Waals surface area contributed by atoms with Gasteiger partial charge in [-0.25, -0.2) is 0 Å². The van der Waals surface area contributed by atoms with Crippen LogP contribution in [-0.2, 0) is 9.59 Å². The van der Waals surface area contributed by atoms with E-state index in [4.69, 9.17) is 16.3 Å². The lowest BCUT2D eigenvalue weighted by molar-refractivity contribution is -0.140. The summed E-state index contributed by atoms with van der Waals surface area (Å²) < 4.78 is 5.56. The van der Waals surface area contributed by atoms with E-state index in [1.54, 1.807) is 47.4 Å². The van der Waals surface area contributed by atoms with Gasteiger partial charge in [-0.1, -0.05) is 50.2 Å². The second-order valence-electron chi connectivity index (χ2n) is 7.69. The Balaban J connectivity index is 2.05. The predicted molar refractivity (Wildman–Crippen MR) is 130 cm³/mol. The van der Waals surface area contributed by atoms with Gasteiger partial charge in [-0.15, -0.1) is 0 Å². The molecule has 6 nitrogen and oxygen atoms in total. The Hall–Kier alpha value is -3.09. The first-order valence-electron chi connectivity index (χ1n) is 11.0. The summed E-state index contributed by atoms with van der Waals surface area (Å²) in [5, 5.41) is 11.6. The molecule has 0 saturated carbocycles. The van der Waals surface area contributed by atoms with Crippen molar-refractivity contribution in [1.82, 2.24) is 9.80 Å². The van der Waals surface area contributed by atoms with Crippen molar-refractivity contribution in [3.05, 3.63) is 82.9 Å². The predicted octanol–water partition coefficient (Wildman–Crippen LogP) is 4.67. The molecule has 1 aliphatic rings. The fraction of sp³-hybridized carbons (Fsp3) is 0.308. The van der Waals surface area contributed by atoms with Gasteiger partial charge in [0.2, 0.25) is 0 Å². The molecule has 1 saturated heterocycles. The molecular weight excluding hydrogens is 440 g/mol. The number of likely N-dealkylation sites (N-methyl/N-ethyl adjacent to an activating group) is 1. The SMILES string of the molecule is C=CCOc1ccc(C2/C(=C(/O)c3ccc(Cl)cc3)C(=O)C(=O)N2CCN(CC)CC)cc1. The van der Waals surface area contributed by atoms with E-state index >= 15 is 0 Å². The normalized spacial score (nSPS) is 17.6. The third kappa shape index (κ3) is 5.46. The van der Waals surface area contributed by atoms with E-state index in [1.165, 1.54) is 0 Å². The van der Waals surface area contributed by atoms with E-state index in [0.717, 1.165) is 18.7 Å². The van der Waals surface area contributed by atoms with Gasteiger partial charge in [0, 0.05) is 23.7 Å². The first kappa shape index (κ1) is 24.6. The number of aliphatic hydroxyl groups is 1. The van der Waals surface area contributed by atoms with Crippen LogP contribution < -0.4 is 4.74 Å². The Morgan fingerprint density at radius 1 is 1.12 bits per heavy atom. The number of benzene rings is 2. The van der Waals surface area contributed by atoms with Crippen LogP contribution >= 0.6 is 11.6 Å². The Bertz CT molecular complexity index is 1030. The number of amides is 1. The van der Waals surface area contributed by atoms with Crippen molar-refractivity contribution in [2.45, 2.75) is 19.9 Å². The Labute approximate surface area is 199 Å². The van der Waals surface area contributed by atoms with Gasteiger partial charge in [-0.05, 0) is 55.1 Å². The first-order valence-corrected chi connectivity index (χ1v) is 11.4. The van der Waals surface area contributed by atoms with Crippen LogP contribution in [0.25, 0.3) is 5.76 Å². The number of ether oxygens (including phenoxy) is 1. The van der Waals surface area contributed by atoms with Gasteiger partial charge in [-0.2, -0.15) is 0 Å². The lowest BCUT2D eigenvalue weighted by Crippen LogP contribution is -2.38. The number of Topliss-reactive ketones (excluding diaryl/α,β-unsaturated/α-hetero) is 1. The van der Waals surface area contributed by atoms with Crippen molar-refractivity contribution < 1.29 is 19.4 Å². The summed E-state index contributed by atoms with van der Waals surface area (Å²) in [7, 11) is 0. The first-order chi connectivity index (χ1) is 15.9. The number of carbonyl (C=O) groups excluding carboxylic acids is 2. The molecule has 1 amide bonds. The second kappa shape index (κ2) is 11.2. The quantitative estimate of drug-likeness (QED) is 0.237. The minimum atomic E-state index is -0.704. The smallest absolute Gasteiger partial charge is 0.295 e. The van der Waals surface area contributed by atoms with Crippen molar-refractivity contribution in [3.8, 4) is 5.75 Å². The van der Waals surface area contributed by atoms with Crippen LogP contribution in [0, 0.1) is 0 Å². The summed E-state index contributed by atoms with van der Waals surface area (Å²) in [6.07, 6.45) is 1.65. The lowest BCUT2D eigenvalue weighted by atomic mass is 9.95. The van der Waals surface area contributed by atoms with Crippen LogP contribution in [0.2, 0.25) is 5.02 Å². The Kier molecular flexibility index (Phi) is 8.31. The number of aliphatic hydroxyl groups excluding tert-OH is 1. The van der Waals surface area contributed by atoms with E-state index < -0.39 is 17.7 Å². The summed E-state index contributed by atoms with van der Waals surface area (Å²) in [6, 6.07) is 13.0. The molecule has 0 spiro atoms. The van der Waals surface area contributed by atoms with Crippen LogP contribution in [0.15, 0.2) is 66.8 Å². The Morgan fingerprint density at radius 3 is 2.33 bits per heavy atom. The third-order valence-corrected chi connectivity index (χ3v) is 6.02. The van der Waals surface area contributed by atoms with Crippen molar-refractivity contribution in [2.24, 2.45) is 0 Å². The van der Waals surface area contributed by atoms with E-state index in [2.05, 4.69) is 25.3 Å². The highest BCUT2D eigenvalue weighted by Gasteiger charge is 2.45. The zero-order valence-corrected chi connectivity index (χ0v) is 19.7. The molecule has 1 atom stereocenters. The molecule has 1 N–H and O–H groups in total. The summed E-state index contributed by atoms with van der Waals surface area (Å²) in [6.45, 7) is 10.8. The maximum absolute atomic E-state index is 13.1. The van der Waals surface area contributed by atoms with Crippen LogP contribution in [0.3, 0.4) is 0 Å². The maximum Gasteiger partial charge on any atom is 0.295 e. The highest BCUT2D eigenvalue weighted by atomic mass is 35.5. The minimum Gasteiger partial charge on any atom is -0.507 e. The molecule has 0 aromatic heterocycles. The minimum absolute atomic E-state index is 0.0710. The van der Waals surface area contributed by atoms with Crippen molar-refractivity contribution >= 4 is 29.1 Å². The number of ketones is 1. The van der Waals surface area contributed by atoms with Gasteiger partial charge in [0.15, 0.2) is 0 Å². The topological polar surface area (TPSA) is 70.1 Å². The zero-order chi connectivity index (χ0) is 24.0. The molecule has 1 heterocycles. The zero-order valence-electron chi connectivity index (χ0n) is 19.0. The lowest BCUT2D eigenvalue weighted by Gasteiger charge is -2.28. The molecule has 1 aliphatic heterocycles. The average Bonchev–Trinajstić information content (AvgIpc) is 3.08. The van der Waals surface area contributed by atoms with Crippen molar-refractivity contribution in [2.75, 3.05) is 32.8 Å². The van der Waals surface area contributed by atoms with Crippen LogP contribution in [0.1, 0.15) is 31.0 Å². The molecule has 0 aliphatic carbocycles.